The molecule has 1 heterocycles. The van der Waals surface area contributed by atoms with Crippen LogP contribution < -0.4 is 10.1 Å². The number of rotatable bonds is 7. The molecule has 0 saturated heterocycles. The third kappa shape index (κ3) is 4.59. The molecular formula is C19H19N3O4S. The Hall–Kier alpha value is -3.00. The van der Waals surface area contributed by atoms with Gasteiger partial charge in [-0.25, -0.2) is 4.98 Å². The van der Waals surface area contributed by atoms with Gasteiger partial charge >= 0.3 is 0 Å². The molecule has 0 aliphatic carbocycles. The number of non-ortho nitro benzene ring substituents is 1. The van der Waals surface area contributed by atoms with Gasteiger partial charge < -0.3 is 4.74 Å². The lowest BCUT2D eigenvalue weighted by Gasteiger charge is -2.10. The monoisotopic (exact) mass is 385 g/mol. The van der Waals surface area contributed by atoms with Crippen LogP contribution in [0.25, 0.3) is 10.2 Å². The summed E-state index contributed by atoms with van der Waals surface area (Å²) >= 11 is 1.18. The molecule has 1 N–H and O–H groups in total. The summed E-state index contributed by atoms with van der Waals surface area (Å²) in [5.74, 6) is 0.767. The number of aromatic nitrogens is 1. The number of nitro benzene ring substituents is 1. The molecule has 0 aliphatic heterocycles. The maximum absolute atomic E-state index is 12.1. The van der Waals surface area contributed by atoms with E-state index in [0.717, 1.165) is 6.42 Å². The molecule has 0 radical (unpaired) electrons. The number of nitrogens with one attached hydrogen (secondary N) is 1. The lowest BCUT2D eigenvalue weighted by atomic mass is 9.99. The van der Waals surface area contributed by atoms with Crippen molar-refractivity contribution >= 4 is 38.3 Å². The van der Waals surface area contributed by atoms with Gasteiger partial charge in [0.05, 0.1) is 15.1 Å². The third-order valence-electron chi connectivity index (χ3n) is 4.26. The number of carbonyl (C=O) groups is 1. The van der Waals surface area contributed by atoms with Crippen molar-refractivity contribution in [1.82, 2.24) is 4.98 Å². The van der Waals surface area contributed by atoms with E-state index in [0.29, 0.717) is 27.0 Å². The Bertz CT molecular complexity index is 969. The SMILES string of the molecule is CC[C@@H](C)c1ccc(OCC(=O)Nc2nc3ccc([N+](=O)[O-])cc3s2)cc1. The zero-order valence-corrected chi connectivity index (χ0v) is 15.8. The number of carbonyl (C=O) groups excluding carboxylic acids is 1. The van der Waals surface area contributed by atoms with Crippen LogP contribution in [-0.4, -0.2) is 22.4 Å². The Labute approximate surface area is 160 Å². The predicted molar refractivity (Wildman–Crippen MR) is 106 cm³/mol. The molecule has 1 amide bonds. The van der Waals surface area contributed by atoms with Crippen LogP contribution in [0.4, 0.5) is 10.8 Å². The standard InChI is InChI=1S/C19H19N3O4S/c1-3-12(2)13-4-7-15(8-5-13)26-11-18(23)21-19-20-16-9-6-14(22(24)25)10-17(16)27-19/h4-10,12H,3,11H2,1-2H3,(H,20,21,23)/t12-/m1/s1. The lowest BCUT2D eigenvalue weighted by molar-refractivity contribution is -0.384. The number of thiazole rings is 1. The normalized spacial score (nSPS) is 11.9. The summed E-state index contributed by atoms with van der Waals surface area (Å²) in [6, 6.07) is 12.1. The summed E-state index contributed by atoms with van der Waals surface area (Å²) in [4.78, 5) is 26.7. The van der Waals surface area contributed by atoms with Crippen molar-refractivity contribution < 1.29 is 14.5 Å². The number of hydrogen-bond acceptors (Lipinski definition) is 6. The van der Waals surface area contributed by atoms with Crippen LogP contribution in [0.5, 0.6) is 5.75 Å². The number of nitro groups is 1. The molecule has 0 unspecified atom stereocenters. The lowest BCUT2D eigenvalue weighted by Crippen LogP contribution is -2.20. The predicted octanol–water partition coefficient (Wildman–Crippen LogP) is 4.74. The van der Waals surface area contributed by atoms with Gasteiger partial charge in [-0.15, -0.1) is 0 Å². The van der Waals surface area contributed by atoms with Crippen molar-refractivity contribution in [3.05, 3.63) is 58.1 Å². The molecule has 0 bridgehead atoms. The molecule has 0 spiro atoms. The summed E-state index contributed by atoms with van der Waals surface area (Å²) in [6.45, 7) is 4.16. The number of fused-ring (bicyclic) bond motifs is 1. The Morgan fingerprint density at radius 2 is 2.04 bits per heavy atom. The minimum Gasteiger partial charge on any atom is -0.484 e. The fourth-order valence-corrected chi connectivity index (χ4v) is 3.43. The molecular weight excluding hydrogens is 366 g/mol. The first kappa shape index (κ1) is 18.8. The second-order valence-corrected chi connectivity index (χ2v) is 7.17. The van der Waals surface area contributed by atoms with Crippen LogP contribution >= 0.6 is 11.3 Å². The van der Waals surface area contributed by atoms with Gasteiger partial charge in [-0.2, -0.15) is 0 Å². The maximum Gasteiger partial charge on any atom is 0.270 e. The van der Waals surface area contributed by atoms with Crippen molar-refractivity contribution in [1.29, 1.82) is 0 Å². The van der Waals surface area contributed by atoms with Crippen molar-refractivity contribution in [3.63, 3.8) is 0 Å². The van der Waals surface area contributed by atoms with Gasteiger partial charge in [-0.05, 0) is 36.1 Å². The fourth-order valence-electron chi connectivity index (χ4n) is 2.51. The molecule has 7 nitrogen and oxygen atoms in total. The number of benzene rings is 2. The van der Waals surface area contributed by atoms with E-state index in [1.807, 2.05) is 24.3 Å². The van der Waals surface area contributed by atoms with E-state index in [1.165, 1.54) is 29.0 Å². The summed E-state index contributed by atoms with van der Waals surface area (Å²) in [7, 11) is 0. The number of anilines is 1. The highest BCUT2D eigenvalue weighted by atomic mass is 32.1. The van der Waals surface area contributed by atoms with E-state index >= 15 is 0 Å². The van der Waals surface area contributed by atoms with Crippen molar-refractivity contribution in [2.45, 2.75) is 26.2 Å². The number of ether oxygens (including phenoxy) is 1. The first-order valence-electron chi connectivity index (χ1n) is 8.54. The molecule has 8 heteroatoms. The van der Waals surface area contributed by atoms with Gasteiger partial charge in [0.1, 0.15) is 5.75 Å². The smallest absolute Gasteiger partial charge is 0.270 e. The molecule has 140 valence electrons. The van der Waals surface area contributed by atoms with Gasteiger partial charge in [0.2, 0.25) is 0 Å². The summed E-state index contributed by atoms with van der Waals surface area (Å²) in [5, 5.41) is 13.9. The molecule has 2 aromatic carbocycles. The molecule has 0 saturated carbocycles. The van der Waals surface area contributed by atoms with Crippen LogP contribution in [0, 0.1) is 10.1 Å². The van der Waals surface area contributed by atoms with E-state index in [4.69, 9.17) is 4.74 Å². The van der Waals surface area contributed by atoms with E-state index < -0.39 is 4.92 Å². The van der Waals surface area contributed by atoms with E-state index in [-0.39, 0.29) is 18.2 Å². The fraction of sp³-hybridized carbons (Fsp3) is 0.263. The van der Waals surface area contributed by atoms with Gasteiger partial charge in [0, 0.05) is 12.1 Å². The van der Waals surface area contributed by atoms with E-state index in [2.05, 4.69) is 24.1 Å². The average molecular weight is 385 g/mol. The largest absolute Gasteiger partial charge is 0.484 e. The molecule has 3 rings (SSSR count). The van der Waals surface area contributed by atoms with Crippen LogP contribution in [0.3, 0.4) is 0 Å². The molecule has 1 atom stereocenters. The van der Waals surface area contributed by atoms with Gasteiger partial charge in [-0.1, -0.05) is 37.3 Å². The first-order valence-corrected chi connectivity index (χ1v) is 9.35. The summed E-state index contributed by atoms with van der Waals surface area (Å²) in [5.41, 5.74) is 1.83. The van der Waals surface area contributed by atoms with Crippen LogP contribution in [0.15, 0.2) is 42.5 Å². The van der Waals surface area contributed by atoms with Crippen molar-refractivity contribution in [3.8, 4) is 5.75 Å². The maximum atomic E-state index is 12.1. The van der Waals surface area contributed by atoms with E-state index in [9.17, 15) is 14.9 Å². The Kier molecular flexibility index (Phi) is 5.66. The second-order valence-electron chi connectivity index (χ2n) is 6.14. The number of amides is 1. The molecule has 27 heavy (non-hydrogen) atoms. The number of hydrogen-bond donors (Lipinski definition) is 1. The number of nitrogens with zero attached hydrogens (tertiary/aromatic N) is 2. The zero-order chi connectivity index (χ0) is 19.4. The quantitative estimate of drug-likeness (QED) is 0.468. The second kappa shape index (κ2) is 8.13. The molecule has 1 aromatic heterocycles. The van der Waals surface area contributed by atoms with E-state index in [1.54, 1.807) is 6.07 Å². The summed E-state index contributed by atoms with van der Waals surface area (Å²) < 4.78 is 6.15. The molecule has 3 aromatic rings. The van der Waals surface area contributed by atoms with Gasteiger partial charge in [-0.3, -0.25) is 20.2 Å². The van der Waals surface area contributed by atoms with Crippen LogP contribution in [0.1, 0.15) is 31.7 Å². The Morgan fingerprint density at radius 1 is 1.30 bits per heavy atom. The van der Waals surface area contributed by atoms with Gasteiger partial charge in [0.15, 0.2) is 11.7 Å². The van der Waals surface area contributed by atoms with Crippen LogP contribution in [0.2, 0.25) is 0 Å². The first-order chi connectivity index (χ1) is 13.0. The third-order valence-corrected chi connectivity index (χ3v) is 5.19. The van der Waals surface area contributed by atoms with Gasteiger partial charge in [0.25, 0.3) is 11.6 Å². The van der Waals surface area contributed by atoms with Crippen molar-refractivity contribution in [2.75, 3.05) is 11.9 Å². The zero-order valence-electron chi connectivity index (χ0n) is 15.0. The Morgan fingerprint density at radius 3 is 2.70 bits per heavy atom. The highest BCUT2D eigenvalue weighted by Gasteiger charge is 2.12. The minimum absolute atomic E-state index is 0.00630. The molecule has 0 fully saturated rings. The topological polar surface area (TPSA) is 94.4 Å². The van der Waals surface area contributed by atoms with Crippen molar-refractivity contribution in [2.24, 2.45) is 0 Å². The highest BCUT2D eigenvalue weighted by molar-refractivity contribution is 7.22. The average Bonchev–Trinajstić information content (AvgIpc) is 3.07. The summed E-state index contributed by atoms with van der Waals surface area (Å²) in [6.07, 6.45) is 1.06. The molecule has 0 aliphatic rings. The van der Waals surface area contributed by atoms with Crippen LogP contribution in [-0.2, 0) is 4.79 Å². The minimum atomic E-state index is -0.461. The highest BCUT2D eigenvalue weighted by Crippen LogP contribution is 2.29. The Balaban J connectivity index is 1.59.